The Labute approximate surface area is 185 Å². The number of nitrogens with one attached hydrogen (secondary N) is 1. The second-order valence-corrected chi connectivity index (χ2v) is 8.63. The first-order valence-corrected chi connectivity index (χ1v) is 11.0. The molecule has 0 spiro atoms. The first-order valence-electron chi connectivity index (χ1n) is 11.0. The summed E-state index contributed by atoms with van der Waals surface area (Å²) in [5, 5.41) is 3.12. The minimum absolute atomic E-state index is 0.0129. The van der Waals surface area contributed by atoms with E-state index in [9.17, 15) is 9.59 Å². The van der Waals surface area contributed by atoms with Gasteiger partial charge in [-0.05, 0) is 52.7 Å². The number of rotatable bonds is 6. The second-order valence-electron chi connectivity index (χ2n) is 8.63. The Hall–Kier alpha value is -2.82. The zero-order valence-corrected chi connectivity index (χ0v) is 19.1. The molecule has 1 amide bonds. The van der Waals surface area contributed by atoms with Gasteiger partial charge in [-0.2, -0.15) is 0 Å². The third kappa shape index (κ3) is 4.92. The lowest BCUT2D eigenvalue weighted by Crippen LogP contribution is -2.56. The van der Waals surface area contributed by atoms with Crippen LogP contribution in [0.15, 0.2) is 53.5 Å². The molecule has 0 atom stereocenters. The van der Waals surface area contributed by atoms with Crippen LogP contribution < -0.4 is 5.32 Å². The Morgan fingerprint density at radius 2 is 1.61 bits per heavy atom. The molecular formula is C26H33NO4. The van der Waals surface area contributed by atoms with E-state index in [1.165, 1.54) is 6.08 Å². The van der Waals surface area contributed by atoms with Crippen LogP contribution in [0.25, 0.3) is 0 Å². The van der Waals surface area contributed by atoms with Gasteiger partial charge in [0.1, 0.15) is 24.5 Å². The largest absolute Gasteiger partial charge is 0.491 e. The standard InChI is InChI=1S/C26H33NO4/c1-6-22(19(4)23-20(5)30-12-13-31-23)25(29)27-26(10-8-7-9-11-26)24(28)21-15-17(2)14-18(3)16-21/h6,14-16H,1,7-13H2,2-5H3,(H,27,29)/b22-19+. The number of aryl methyl sites for hydroxylation is 2. The van der Waals surface area contributed by atoms with Crippen molar-refractivity contribution in [1.82, 2.24) is 5.32 Å². The molecule has 0 unspecified atom stereocenters. The predicted octanol–water partition coefficient (Wildman–Crippen LogP) is 5.09. The third-order valence-electron chi connectivity index (χ3n) is 6.14. The lowest BCUT2D eigenvalue weighted by atomic mass is 9.76. The smallest absolute Gasteiger partial charge is 0.252 e. The summed E-state index contributed by atoms with van der Waals surface area (Å²) in [6.45, 7) is 12.4. The van der Waals surface area contributed by atoms with Crippen molar-refractivity contribution < 1.29 is 19.1 Å². The Morgan fingerprint density at radius 3 is 2.19 bits per heavy atom. The van der Waals surface area contributed by atoms with Gasteiger partial charge in [0.25, 0.3) is 5.91 Å². The predicted molar refractivity (Wildman–Crippen MR) is 122 cm³/mol. The molecule has 2 aliphatic rings. The van der Waals surface area contributed by atoms with E-state index in [0.717, 1.165) is 30.4 Å². The average molecular weight is 424 g/mol. The van der Waals surface area contributed by atoms with Gasteiger partial charge in [-0.1, -0.05) is 49.1 Å². The van der Waals surface area contributed by atoms with Crippen LogP contribution in [0.3, 0.4) is 0 Å². The van der Waals surface area contributed by atoms with Gasteiger partial charge in [-0.15, -0.1) is 0 Å². The van der Waals surface area contributed by atoms with Crippen LogP contribution in [0.1, 0.15) is 67.4 Å². The van der Waals surface area contributed by atoms with Gasteiger partial charge in [0, 0.05) is 16.7 Å². The van der Waals surface area contributed by atoms with E-state index in [2.05, 4.69) is 11.9 Å². The van der Waals surface area contributed by atoms with Gasteiger partial charge in [-0.3, -0.25) is 9.59 Å². The van der Waals surface area contributed by atoms with E-state index < -0.39 is 5.54 Å². The molecule has 1 aliphatic carbocycles. The Kier molecular flexibility index (Phi) is 7.04. The first kappa shape index (κ1) is 22.9. The molecule has 1 heterocycles. The van der Waals surface area contributed by atoms with Gasteiger partial charge in [0.2, 0.25) is 0 Å². The van der Waals surface area contributed by atoms with Gasteiger partial charge in [0.05, 0.1) is 0 Å². The maximum absolute atomic E-state index is 13.7. The van der Waals surface area contributed by atoms with Crippen LogP contribution in [-0.4, -0.2) is 30.4 Å². The molecule has 3 rings (SSSR count). The second kappa shape index (κ2) is 9.54. The summed E-state index contributed by atoms with van der Waals surface area (Å²) in [6, 6.07) is 5.87. The number of allylic oxidation sites excluding steroid dienone is 2. The summed E-state index contributed by atoms with van der Waals surface area (Å²) in [5.41, 5.74) is 2.90. The quantitative estimate of drug-likeness (QED) is 0.393. The molecule has 1 N–H and O–H groups in total. The highest BCUT2D eigenvalue weighted by Gasteiger charge is 2.41. The van der Waals surface area contributed by atoms with Crippen molar-refractivity contribution in [3.8, 4) is 0 Å². The number of benzene rings is 1. The molecule has 0 radical (unpaired) electrons. The van der Waals surface area contributed by atoms with Crippen LogP contribution in [0, 0.1) is 13.8 Å². The molecule has 0 saturated heterocycles. The van der Waals surface area contributed by atoms with Crippen molar-refractivity contribution >= 4 is 11.7 Å². The van der Waals surface area contributed by atoms with Gasteiger partial charge in [-0.25, -0.2) is 0 Å². The number of hydrogen-bond donors (Lipinski definition) is 1. The van der Waals surface area contributed by atoms with Crippen LogP contribution in [0.4, 0.5) is 0 Å². The number of amides is 1. The van der Waals surface area contributed by atoms with Crippen molar-refractivity contribution in [3.05, 3.63) is 70.2 Å². The maximum Gasteiger partial charge on any atom is 0.252 e. The van der Waals surface area contributed by atoms with Crippen LogP contribution >= 0.6 is 0 Å². The van der Waals surface area contributed by atoms with Gasteiger partial charge in [0.15, 0.2) is 11.5 Å². The maximum atomic E-state index is 13.7. The number of Topliss-reactive ketones (excluding diaryl/α,β-unsaturated/α-hetero) is 1. The van der Waals surface area contributed by atoms with Crippen LogP contribution in [0.5, 0.6) is 0 Å². The molecular weight excluding hydrogens is 390 g/mol. The minimum Gasteiger partial charge on any atom is -0.491 e. The molecule has 1 saturated carbocycles. The summed E-state index contributed by atoms with van der Waals surface area (Å²) in [7, 11) is 0. The number of hydrogen-bond acceptors (Lipinski definition) is 4. The molecule has 5 heteroatoms. The zero-order valence-electron chi connectivity index (χ0n) is 19.1. The number of carbonyl (C=O) groups is 2. The zero-order chi connectivity index (χ0) is 22.6. The summed E-state index contributed by atoms with van der Waals surface area (Å²) in [4.78, 5) is 27.1. The van der Waals surface area contributed by atoms with Gasteiger partial charge >= 0.3 is 0 Å². The van der Waals surface area contributed by atoms with Gasteiger partial charge < -0.3 is 14.8 Å². The van der Waals surface area contributed by atoms with E-state index in [-0.39, 0.29) is 11.7 Å². The molecule has 1 aromatic rings. The topological polar surface area (TPSA) is 64.6 Å². The highest BCUT2D eigenvalue weighted by atomic mass is 16.6. The highest BCUT2D eigenvalue weighted by molar-refractivity contribution is 6.08. The fraction of sp³-hybridized carbons (Fsp3) is 0.462. The SMILES string of the molecule is C=C/C(C(=O)NC1(C(=O)c2cc(C)cc(C)c2)CCCCC1)=C(/C)C1=C(C)OCCO1. The van der Waals surface area contributed by atoms with Crippen molar-refractivity contribution in [2.45, 2.75) is 65.3 Å². The monoisotopic (exact) mass is 423 g/mol. The fourth-order valence-electron chi connectivity index (χ4n) is 4.65. The number of ether oxygens (including phenoxy) is 2. The minimum atomic E-state index is -0.905. The summed E-state index contributed by atoms with van der Waals surface area (Å²) < 4.78 is 11.3. The van der Waals surface area contributed by atoms with E-state index in [0.29, 0.717) is 54.3 Å². The van der Waals surface area contributed by atoms with Crippen molar-refractivity contribution in [1.29, 1.82) is 0 Å². The Morgan fingerprint density at radius 1 is 1.00 bits per heavy atom. The highest BCUT2D eigenvalue weighted by Crippen LogP contribution is 2.33. The lowest BCUT2D eigenvalue weighted by molar-refractivity contribution is -0.119. The molecule has 0 bridgehead atoms. The fourth-order valence-corrected chi connectivity index (χ4v) is 4.65. The number of carbonyl (C=O) groups excluding carboxylic acids is 2. The van der Waals surface area contributed by atoms with E-state index in [1.54, 1.807) is 0 Å². The molecule has 166 valence electrons. The summed E-state index contributed by atoms with van der Waals surface area (Å²) >= 11 is 0. The Bertz CT molecular complexity index is 928. The average Bonchev–Trinajstić information content (AvgIpc) is 2.74. The molecule has 1 aliphatic heterocycles. The molecule has 1 fully saturated rings. The molecule has 5 nitrogen and oxygen atoms in total. The van der Waals surface area contributed by atoms with Crippen LogP contribution in [0.2, 0.25) is 0 Å². The summed E-state index contributed by atoms with van der Waals surface area (Å²) in [5.74, 6) is 0.895. The normalized spacial score (nSPS) is 19.0. The third-order valence-corrected chi connectivity index (χ3v) is 6.14. The molecule has 31 heavy (non-hydrogen) atoms. The lowest BCUT2D eigenvalue weighted by Gasteiger charge is -2.37. The van der Waals surface area contributed by atoms with Crippen molar-refractivity contribution in [2.24, 2.45) is 0 Å². The van der Waals surface area contributed by atoms with Crippen LogP contribution in [-0.2, 0) is 14.3 Å². The Balaban J connectivity index is 1.96. The van der Waals surface area contributed by atoms with E-state index in [1.807, 2.05) is 45.9 Å². The summed E-state index contributed by atoms with van der Waals surface area (Å²) in [6.07, 6.45) is 5.68. The molecule has 1 aromatic carbocycles. The van der Waals surface area contributed by atoms with Crippen molar-refractivity contribution in [3.63, 3.8) is 0 Å². The number of ketones is 1. The van der Waals surface area contributed by atoms with Crippen molar-refractivity contribution in [2.75, 3.05) is 13.2 Å². The molecule has 0 aromatic heterocycles. The van der Waals surface area contributed by atoms with E-state index >= 15 is 0 Å². The van der Waals surface area contributed by atoms with E-state index in [4.69, 9.17) is 9.47 Å². The first-order chi connectivity index (χ1) is 14.8.